The van der Waals surface area contributed by atoms with Crippen molar-refractivity contribution >= 4 is 17.2 Å². The number of carbonyl (C=O) groups is 1. The molecule has 0 radical (unpaired) electrons. The highest BCUT2D eigenvalue weighted by Gasteiger charge is 2.14. The maximum absolute atomic E-state index is 12.4. The van der Waals surface area contributed by atoms with E-state index in [1.54, 1.807) is 0 Å². The standard InChI is InChI=1S/C22H24N2O2S/c1-4-26-20-8-6-5-7-19(20)22-24-18(14-27-22)13-21(25)23-16(3)17-11-9-15(2)10-12-17/h5-12,14,16H,4,13H2,1-3H3,(H,23,25). The molecule has 5 heteroatoms. The highest BCUT2D eigenvalue weighted by molar-refractivity contribution is 7.13. The van der Waals surface area contributed by atoms with Gasteiger partial charge in [-0.15, -0.1) is 11.3 Å². The Labute approximate surface area is 164 Å². The molecular weight excluding hydrogens is 356 g/mol. The molecule has 1 atom stereocenters. The molecule has 0 aliphatic rings. The first-order valence-corrected chi connectivity index (χ1v) is 9.97. The first-order valence-electron chi connectivity index (χ1n) is 9.09. The van der Waals surface area contributed by atoms with E-state index in [-0.39, 0.29) is 18.4 Å². The van der Waals surface area contributed by atoms with Crippen LogP contribution in [0.25, 0.3) is 10.6 Å². The number of hydrogen-bond acceptors (Lipinski definition) is 4. The average Bonchev–Trinajstić information content (AvgIpc) is 3.11. The first-order chi connectivity index (χ1) is 13.1. The van der Waals surface area contributed by atoms with Gasteiger partial charge in [0.05, 0.1) is 30.3 Å². The average molecular weight is 381 g/mol. The number of benzene rings is 2. The van der Waals surface area contributed by atoms with Crippen molar-refractivity contribution in [3.8, 4) is 16.3 Å². The molecule has 2 aromatic carbocycles. The van der Waals surface area contributed by atoms with Gasteiger partial charge in [0.1, 0.15) is 10.8 Å². The van der Waals surface area contributed by atoms with Crippen LogP contribution in [0.3, 0.4) is 0 Å². The van der Waals surface area contributed by atoms with E-state index in [1.807, 2.05) is 55.6 Å². The molecule has 3 aromatic rings. The lowest BCUT2D eigenvalue weighted by Gasteiger charge is -2.14. The third-order valence-corrected chi connectivity index (χ3v) is 5.19. The van der Waals surface area contributed by atoms with Crippen LogP contribution in [0.4, 0.5) is 0 Å². The number of amides is 1. The van der Waals surface area contributed by atoms with Gasteiger partial charge in [-0.25, -0.2) is 4.98 Å². The Morgan fingerprint density at radius 2 is 1.93 bits per heavy atom. The number of nitrogens with one attached hydrogen (secondary N) is 1. The molecule has 1 amide bonds. The highest BCUT2D eigenvalue weighted by atomic mass is 32.1. The van der Waals surface area contributed by atoms with Crippen LogP contribution in [0.15, 0.2) is 53.9 Å². The van der Waals surface area contributed by atoms with Gasteiger partial charge in [-0.3, -0.25) is 4.79 Å². The number of rotatable bonds is 7. The summed E-state index contributed by atoms with van der Waals surface area (Å²) in [5.41, 5.74) is 4.04. The normalized spacial score (nSPS) is 11.8. The van der Waals surface area contributed by atoms with Gasteiger partial charge in [0.2, 0.25) is 5.91 Å². The van der Waals surface area contributed by atoms with Gasteiger partial charge in [0.25, 0.3) is 0 Å². The predicted molar refractivity (Wildman–Crippen MR) is 110 cm³/mol. The van der Waals surface area contributed by atoms with Crippen molar-refractivity contribution < 1.29 is 9.53 Å². The van der Waals surface area contributed by atoms with Crippen molar-refractivity contribution in [2.24, 2.45) is 0 Å². The summed E-state index contributed by atoms with van der Waals surface area (Å²) in [4.78, 5) is 17.0. The van der Waals surface area contributed by atoms with Gasteiger partial charge in [0.15, 0.2) is 0 Å². The van der Waals surface area contributed by atoms with Crippen LogP contribution in [-0.4, -0.2) is 17.5 Å². The first kappa shape index (κ1) is 19.1. The predicted octanol–water partition coefficient (Wildman–Crippen LogP) is 4.94. The molecule has 140 valence electrons. The molecule has 1 unspecified atom stereocenters. The Balaban J connectivity index is 1.65. The molecular formula is C22H24N2O2S. The minimum absolute atomic E-state index is 0.0296. The number of thiazole rings is 1. The van der Waals surface area contributed by atoms with Gasteiger partial charge in [-0.05, 0) is 38.5 Å². The lowest BCUT2D eigenvalue weighted by Crippen LogP contribution is -2.28. The van der Waals surface area contributed by atoms with Crippen molar-refractivity contribution in [2.45, 2.75) is 33.2 Å². The molecule has 3 rings (SSSR count). The summed E-state index contributed by atoms with van der Waals surface area (Å²) >= 11 is 1.53. The third-order valence-electron chi connectivity index (χ3n) is 4.27. The van der Waals surface area contributed by atoms with E-state index in [1.165, 1.54) is 16.9 Å². The van der Waals surface area contributed by atoms with Gasteiger partial charge in [-0.1, -0.05) is 42.0 Å². The van der Waals surface area contributed by atoms with Gasteiger partial charge in [-0.2, -0.15) is 0 Å². The Kier molecular flexibility index (Phi) is 6.24. The van der Waals surface area contributed by atoms with E-state index in [0.717, 1.165) is 27.6 Å². The van der Waals surface area contributed by atoms with Gasteiger partial charge in [0, 0.05) is 5.38 Å². The van der Waals surface area contributed by atoms with Crippen molar-refractivity contribution in [1.29, 1.82) is 0 Å². The van der Waals surface area contributed by atoms with E-state index < -0.39 is 0 Å². The summed E-state index contributed by atoms with van der Waals surface area (Å²) in [5.74, 6) is 0.788. The molecule has 1 heterocycles. The maximum Gasteiger partial charge on any atom is 0.226 e. The van der Waals surface area contributed by atoms with E-state index in [2.05, 4.69) is 29.4 Å². The zero-order valence-corrected chi connectivity index (χ0v) is 16.7. The molecule has 27 heavy (non-hydrogen) atoms. The number of carbonyl (C=O) groups excluding carboxylic acids is 1. The minimum Gasteiger partial charge on any atom is -0.493 e. The van der Waals surface area contributed by atoms with Crippen LogP contribution in [0.1, 0.15) is 36.7 Å². The second-order valence-electron chi connectivity index (χ2n) is 6.45. The van der Waals surface area contributed by atoms with Gasteiger partial charge < -0.3 is 10.1 Å². The molecule has 0 aliphatic carbocycles. The summed E-state index contributed by atoms with van der Waals surface area (Å²) in [5, 5.41) is 5.85. The van der Waals surface area contributed by atoms with Crippen LogP contribution in [-0.2, 0) is 11.2 Å². The van der Waals surface area contributed by atoms with E-state index in [0.29, 0.717) is 6.61 Å². The third kappa shape index (κ3) is 4.95. The minimum atomic E-state index is -0.0325. The smallest absolute Gasteiger partial charge is 0.226 e. The van der Waals surface area contributed by atoms with E-state index in [9.17, 15) is 4.79 Å². The number of ether oxygens (including phenoxy) is 1. The molecule has 1 N–H and O–H groups in total. The Hall–Kier alpha value is -2.66. The summed E-state index contributed by atoms with van der Waals surface area (Å²) < 4.78 is 5.68. The number of para-hydroxylation sites is 1. The zero-order valence-electron chi connectivity index (χ0n) is 15.9. The molecule has 4 nitrogen and oxygen atoms in total. The maximum atomic E-state index is 12.4. The van der Waals surface area contributed by atoms with Crippen LogP contribution in [0.5, 0.6) is 5.75 Å². The molecule has 1 aromatic heterocycles. The van der Waals surface area contributed by atoms with Crippen molar-refractivity contribution in [2.75, 3.05) is 6.61 Å². The Bertz CT molecular complexity index is 903. The monoisotopic (exact) mass is 380 g/mol. The fourth-order valence-electron chi connectivity index (χ4n) is 2.83. The van der Waals surface area contributed by atoms with Crippen molar-refractivity contribution in [1.82, 2.24) is 10.3 Å². The molecule has 0 saturated carbocycles. The van der Waals surface area contributed by atoms with E-state index >= 15 is 0 Å². The summed E-state index contributed by atoms with van der Waals surface area (Å²) in [6, 6.07) is 16.0. The Morgan fingerprint density at radius 1 is 1.19 bits per heavy atom. The second-order valence-corrected chi connectivity index (χ2v) is 7.31. The highest BCUT2D eigenvalue weighted by Crippen LogP contribution is 2.32. The quantitative estimate of drug-likeness (QED) is 0.632. The number of hydrogen-bond donors (Lipinski definition) is 1. The second kappa shape index (κ2) is 8.82. The molecule has 0 saturated heterocycles. The van der Waals surface area contributed by atoms with Crippen LogP contribution in [0, 0.1) is 6.92 Å². The molecule has 0 bridgehead atoms. The molecule has 0 fully saturated rings. The lowest BCUT2D eigenvalue weighted by atomic mass is 10.1. The number of aromatic nitrogens is 1. The largest absolute Gasteiger partial charge is 0.493 e. The molecule has 0 aliphatic heterocycles. The van der Waals surface area contributed by atoms with Crippen LogP contribution >= 0.6 is 11.3 Å². The fraction of sp³-hybridized carbons (Fsp3) is 0.273. The van der Waals surface area contributed by atoms with Crippen LogP contribution < -0.4 is 10.1 Å². The summed E-state index contributed by atoms with van der Waals surface area (Å²) in [6.45, 7) is 6.61. The van der Waals surface area contributed by atoms with Crippen molar-refractivity contribution in [3.05, 3.63) is 70.7 Å². The fourth-order valence-corrected chi connectivity index (χ4v) is 3.68. The van der Waals surface area contributed by atoms with Crippen LogP contribution in [0.2, 0.25) is 0 Å². The summed E-state index contributed by atoms with van der Waals surface area (Å²) in [7, 11) is 0. The number of nitrogens with zero attached hydrogens (tertiary/aromatic N) is 1. The Morgan fingerprint density at radius 3 is 2.67 bits per heavy atom. The van der Waals surface area contributed by atoms with E-state index in [4.69, 9.17) is 4.74 Å². The van der Waals surface area contributed by atoms with Crippen molar-refractivity contribution in [3.63, 3.8) is 0 Å². The van der Waals surface area contributed by atoms with Gasteiger partial charge >= 0.3 is 0 Å². The lowest BCUT2D eigenvalue weighted by molar-refractivity contribution is -0.121. The summed E-state index contributed by atoms with van der Waals surface area (Å²) in [6.07, 6.45) is 0.267. The number of aryl methyl sites for hydroxylation is 1. The topological polar surface area (TPSA) is 51.2 Å². The SMILES string of the molecule is CCOc1ccccc1-c1nc(CC(=O)NC(C)c2ccc(C)cc2)cs1. The molecule has 0 spiro atoms. The zero-order chi connectivity index (χ0) is 19.2.